The average molecular weight is 498 g/mol. The number of anilines is 4. The minimum atomic E-state index is 0.595. The first-order valence-corrected chi connectivity index (χ1v) is 13.7. The highest BCUT2D eigenvalue weighted by molar-refractivity contribution is 5.66. The van der Waals surface area contributed by atoms with Gasteiger partial charge >= 0.3 is 0 Å². The standard InChI is InChI=1S/C29H35N7O/c1-20-14-23(5-6-27(20)36-19-24-15-25(36)18-35(24)17-21-2-3-21)32-29-30-9-8-26(33-29)22-4-7-28(31-16-22)34-10-12-37-13-11-34/h4-9,14,16,21,24-25H,2-3,10-13,15,17-19H2,1H3,(H,30,32,33). The van der Waals surface area contributed by atoms with Crippen LogP contribution >= 0.6 is 0 Å². The first kappa shape index (κ1) is 22.9. The minimum Gasteiger partial charge on any atom is -0.378 e. The van der Waals surface area contributed by atoms with E-state index in [1.807, 2.05) is 12.3 Å². The molecule has 0 radical (unpaired) electrons. The maximum atomic E-state index is 5.45. The summed E-state index contributed by atoms with van der Waals surface area (Å²) < 4.78 is 5.45. The molecule has 2 aromatic heterocycles. The fourth-order valence-electron chi connectivity index (χ4n) is 6.18. The van der Waals surface area contributed by atoms with E-state index in [-0.39, 0.29) is 0 Å². The van der Waals surface area contributed by atoms with Crippen LogP contribution in [0.5, 0.6) is 0 Å². The van der Waals surface area contributed by atoms with Crippen molar-refractivity contribution >= 4 is 23.1 Å². The van der Waals surface area contributed by atoms with E-state index in [9.17, 15) is 0 Å². The molecule has 1 saturated carbocycles. The lowest BCUT2D eigenvalue weighted by Crippen LogP contribution is -2.47. The van der Waals surface area contributed by atoms with Crippen molar-refractivity contribution in [3.05, 3.63) is 54.4 Å². The van der Waals surface area contributed by atoms with Gasteiger partial charge in [-0.3, -0.25) is 4.90 Å². The molecule has 37 heavy (non-hydrogen) atoms. The largest absolute Gasteiger partial charge is 0.378 e. The Morgan fingerprint density at radius 3 is 2.62 bits per heavy atom. The van der Waals surface area contributed by atoms with E-state index < -0.39 is 0 Å². The van der Waals surface area contributed by atoms with Gasteiger partial charge in [0.05, 0.1) is 18.9 Å². The number of likely N-dealkylation sites (tertiary alicyclic amines) is 1. The van der Waals surface area contributed by atoms with E-state index in [0.717, 1.165) is 67.6 Å². The molecule has 1 aromatic carbocycles. The molecule has 1 aliphatic carbocycles. The molecule has 4 fully saturated rings. The summed E-state index contributed by atoms with van der Waals surface area (Å²) >= 11 is 0. The number of aromatic nitrogens is 3. The van der Waals surface area contributed by atoms with Crippen LogP contribution < -0.4 is 15.1 Å². The van der Waals surface area contributed by atoms with Gasteiger partial charge < -0.3 is 19.9 Å². The molecule has 8 heteroatoms. The molecule has 192 valence electrons. The zero-order valence-corrected chi connectivity index (χ0v) is 21.5. The monoisotopic (exact) mass is 497 g/mol. The second-order valence-corrected chi connectivity index (χ2v) is 11.0. The predicted molar refractivity (Wildman–Crippen MR) is 147 cm³/mol. The maximum Gasteiger partial charge on any atom is 0.227 e. The third-order valence-electron chi connectivity index (χ3n) is 8.34. The fraction of sp³-hybridized carbons (Fsp3) is 0.483. The SMILES string of the molecule is Cc1cc(Nc2nccc(-c3ccc(N4CCOCC4)nc3)n2)ccc1N1CC2CC1CN2CC1CC1. The van der Waals surface area contributed by atoms with Gasteiger partial charge in [-0.05, 0) is 74.1 Å². The van der Waals surface area contributed by atoms with Crippen molar-refractivity contribution < 1.29 is 4.74 Å². The van der Waals surface area contributed by atoms with Crippen LogP contribution in [-0.4, -0.2) is 77.9 Å². The van der Waals surface area contributed by atoms with Crippen LogP contribution in [0.3, 0.4) is 0 Å². The summed E-state index contributed by atoms with van der Waals surface area (Å²) in [6.07, 6.45) is 7.89. The Bertz CT molecular complexity index is 1260. The second-order valence-electron chi connectivity index (χ2n) is 11.0. The van der Waals surface area contributed by atoms with Gasteiger partial charge in [0.25, 0.3) is 0 Å². The summed E-state index contributed by atoms with van der Waals surface area (Å²) in [6.45, 7) is 9.19. The first-order valence-electron chi connectivity index (χ1n) is 13.7. The van der Waals surface area contributed by atoms with Crippen LogP contribution in [0.4, 0.5) is 23.1 Å². The van der Waals surface area contributed by atoms with E-state index >= 15 is 0 Å². The van der Waals surface area contributed by atoms with Gasteiger partial charge in [0, 0.05) is 74.1 Å². The van der Waals surface area contributed by atoms with Crippen LogP contribution in [0, 0.1) is 12.8 Å². The molecule has 3 aromatic rings. The smallest absolute Gasteiger partial charge is 0.227 e. The number of ether oxygens (including phenoxy) is 1. The Hall–Kier alpha value is -3.23. The van der Waals surface area contributed by atoms with Gasteiger partial charge in [-0.25, -0.2) is 15.0 Å². The molecular formula is C29H35N7O. The number of hydrogen-bond donors (Lipinski definition) is 1. The predicted octanol–water partition coefficient (Wildman–Crippen LogP) is 4.10. The summed E-state index contributed by atoms with van der Waals surface area (Å²) in [4.78, 5) is 21.5. The molecule has 3 saturated heterocycles. The minimum absolute atomic E-state index is 0.595. The Morgan fingerprint density at radius 2 is 1.89 bits per heavy atom. The van der Waals surface area contributed by atoms with Crippen LogP contribution in [-0.2, 0) is 4.74 Å². The Morgan fingerprint density at radius 1 is 1.00 bits per heavy atom. The van der Waals surface area contributed by atoms with Gasteiger partial charge in [-0.2, -0.15) is 0 Å². The summed E-state index contributed by atoms with van der Waals surface area (Å²) in [5.74, 6) is 2.56. The number of pyridine rings is 1. The second kappa shape index (κ2) is 9.58. The molecule has 0 spiro atoms. The first-order chi connectivity index (χ1) is 18.2. The number of nitrogens with one attached hydrogen (secondary N) is 1. The third kappa shape index (κ3) is 4.76. The summed E-state index contributed by atoms with van der Waals surface area (Å²) in [5, 5.41) is 3.41. The van der Waals surface area contributed by atoms with Crippen LogP contribution in [0.25, 0.3) is 11.3 Å². The zero-order chi connectivity index (χ0) is 24.8. The quantitative estimate of drug-likeness (QED) is 0.523. The van der Waals surface area contributed by atoms with Crippen molar-refractivity contribution in [1.29, 1.82) is 0 Å². The number of hydrogen-bond acceptors (Lipinski definition) is 8. The van der Waals surface area contributed by atoms with E-state index in [2.05, 4.69) is 67.2 Å². The van der Waals surface area contributed by atoms with Crippen molar-refractivity contribution in [3.63, 3.8) is 0 Å². The summed E-state index contributed by atoms with van der Waals surface area (Å²) in [5.41, 5.74) is 5.51. The van der Waals surface area contributed by atoms with Crippen molar-refractivity contribution in [3.8, 4) is 11.3 Å². The number of morpholine rings is 1. The average Bonchev–Trinajstić information content (AvgIpc) is 3.54. The highest BCUT2D eigenvalue weighted by Crippen LogP contribution is 2.39. The van der Waals surface area contributed by atoms with Crippen molar-refractivity contribution in [2.45, 2.75) is 38.3 Å². The van der Waals surface area contributed by atoms with Crippen molar-refractivity contribution in [2.75, 3.05) is 61.1 Å². The molecule has 5 heterocycles. The molecule has 4 aliphatic rings. The molecule has 3 aliphatic heterocycles. The lowest BCUT2D eigenvalue weighted by Gasteiger charge is -2.36. The molecule has 2 atom stereocenters. The molecular weight excluding hydrogens is 462 g/mol. The number of aryl methyl sites for hydroxylation is 1. The summed E-state index contributed by atoms with van der Waals surface area (Å²) in [7, 11) is 0. The number of rotatable bonds is 7. The summed E-state index contributed by atoms with van der Waals surface area (Å²) in [6, 6.07) is 14.1. The van der Waals surface area contributed by atoms with Gasteiger partial charge in [0.1, 0.15) is 5.82 Å². The normalized spacial score (nSPS) is 23.6. The highest BCUT2D eigenvalue weighted by Gasteiger charge is 2.44. The fourth-order valence-corrected chi connectivity index (χ4v) is 6.18. The molecule has 7 rings (SSSR count). The molecule has 0 amide bonds. The number of nitrogens with zero attached hydrogens (tertiary/aromatic N) is 6. The topological polar surface area (TPSA) is 69.6 Å². The number of benzene rings is 1. The van der Waals surface area contributed by atoms with Crippen LogP contribution in [0.2, 0.25) is 0 Å². The molecule has 2 bridgehead atoms. The molecule has 2 unspecified atom stereocenters. The molecule has 8 nitrogen and oxygen atoms in total. The Labute approximate surface area is 218 Å². The van der Waals surface area contributed by atoms with Crippen LogP contribution in [0.1, 0.15) is 24.8 Å². The lowest BCUT2D eigenvalue weighted by molar-refractivity contribution is 0.122. The van der Waals surface area contributed by atoms with Crippen molar-refractivity contribution in [2.24, 2.45) is 5.92 Å². The highest BCUT2D eigenvalue weighted by atomic mass is 16.5. The Balaban J connectivity index is 1.02. The van der Waals surface area contributed by atoms with Crippen molar-refractivity contribution in [1.82, 2.24) is 19.9 Å². The lowest BCUT2D eigenvalue weighted by atomic mass is 10.1. The zero-order valence-electron chi connectivity index (χ0n) is 21.5. The Kier molecular flexibility index (Phi) is 5.93. The number of fused-ring (bicyclic) bond motifs is 2. The third-order valence-corrected chi connectivity index (χ3v) is 8.34. The van der Waals surface area contributed by atoms with E-state index in [0.29, 0.717) is 12.0 Å². The van der Waals surface area contributed by atoms with Gasteiger partial charge in [0.15, 0.2) is 0 Å². The number of piperazine rings is 1. The van der Waals surface area contributed by atoms with Crippen LogP contribution in [0.15, 0.2) is 48.8 Å². The van der Waals surface area contributed by atoms with Gasteiger partial charge in [-0.15, -0.1) is 0 Å². The van der Waals surface area contributed by atoms with E-state index in [1.54, 1.807) is 6.20 Å². The van der Waals surface area contributed by atoms with E-state index in [1.165, 1.54) is 43.6 Å². The van der Waals surface area contributed by atoms with E-state index in [4.69, 9.17) is 9.72 Å². The van der Waals surface area contributed by atoms with Gasteiger partial charge in [0.2, 0.25) is 5.95 Å². The molecule has 1 N–H and O–H groups in total. The van der Waals surface area contributed by atoms with Gasteiger partial charge in [-0.1, -0.05) is 0 Å². The maximum absolute atomic E-state index is 5.45.